The summed E-state index contributed by atoms with van der Waals surface area (Å²) in [6.07, 6.45) is 0. The van der Waals surface area contributed by atoms with E-state index >= 15 is 0 Å². The van der Waals surface area contributed by atoms with Gasteiger partial charge in [0.15, 0.2) is 0 Å². The van der Waals surface area contributed by atoms with Gasteiger partial charge < -0.3 is 20.7 Å². The highest BCUT2D eigenvalue weighted by atomic mass is 16.5. The van der Waals surface area contributed by atoms with E-state index in [4.69, 9.17) is 10.5 Å². The second-order valence-electron chi connectivity index (χ2n) is 4.96. The van der Waals surface area contributed by atoms with Crippen molar-refractivity contribution in [2.45, 2.75) is 0 Å². The second-order valence-corrected chi connectivity index (χ2v) is 4.96. The molecule has 0 atom stereocenters. The van der Waals surface area contributed by atoms with E-state index in [-0.39, 0.29) is 5.91 Å². The monoisotopic (exact) mass is 313 g/mol. The number of anilines is 1. The van der Waals surface area contributed by atoms with Gasteiger partial charge in [-0.2, -0.15) is 0 Å². The zero-order valence-electron chi connectivity index (χ0n) is 12.9. The molecular weight excluding hydrogens is 294 g/mol. The van der Waals surface area contributed by atoms with Gasteiger partial charge in [0, 0.05) is 18.3 Å². The Morgan fingerprint density at radius 2 is 1.87 bits per heavy atom. The Kier molecular flexibility index (Phi) is 5.57. The number of nitrogens with one attached hydrogen (secondary N) is 1. The number of rotatable bonds is 6. The highest BCUT2D eigenvalue weighted by Crippen LogP contribution is 2.12. The number of para-hydroxylation sites is 1. The minimum atomic E-state index is -0.667. The Balaban J connectivity index is 1.90. The molecule has 0 fully saturated rings. The molecule has 3 amide bonds. The number of ether oxygens (including phenoxy) is 1. The number of hydrogen-bond acceptors (Lipinski definition) is 3. The van der Waals surface area contributed by atoms with Crippen molar-refractivity contribution in [1.29, 1.82) is 0 Å². The number of carbonyl (C=O) groups is 2. The molecule has 0 aromatic heterocycles. The van der Waals surface area contributed by atoms with Gasteiger partial charge in [0.2, 0.25) is 0 Å². The van der Waals surface area contributed by atoms with Gasteiger partial charge in [-0.3, -0.25) is 4.79 Å². The van der Waals surface area contributed by atoms with Crippen LogP contribution in [0.3, 0.4) is 0 Å². The summed E-state index contributed by atoms with van der Waals surface area (Å²) in [6, 6.07) is 15.4. The van der Waals surface area contributed by atoms with Crippen LogP contribution in [0.15, 0.2) is 54.6 Å². The van der Waals surface area contributed by atoms with Crippen molar-refractivity contribution >= 4 is 17.6 Å². The largest absolute Gasteiger partial charge is 0.492 e. The van der Waals surface area contributed by atoms with Crippen LogP contribution < -0.4 is 15.8 Å². The summed E-state index contributed by atoms with van der Waals surface area (Å²) in [5, 5.41) is 2.45. The highest BCUT2D eigenvalue weighted by Gasteiger charge is 2.12. The van der Waals surface area contributed by atoms with Crippen molar-refractivity contribution in [2.75, 3.05) is 25.5 Å². The zero-order valence-corrected chi connectivity index (χ0v) is 12.9. The summed E-state index contributed by atoms with van der Waals surface area (Å²) < 4.78 is 5.57. The van der Waals surface area contributed by atoms with E-state index in [0.29, 0.717) is 24.4 Å². The third kappa shape index (κ3) is 5.03. The maximum atomic E-state index is 12.4. The first-order valence-electron chi connectivity index (χ1n) is 7.16. The number of carbonyl (C=O) groups excluding carboxylic acids is 2. The van der Waals surface area contributed by atoms with Crippen molar-refractivity contribution in [3.8, 4) is 5.75 Å². The lowest BCUT2D eigenvalue weighted by molar-refractivity contribution is 0.0774. The van der Waals surface area contributed by atoms with Crippen LogP contribution in [0.4, 0.5) is 10.5 Å². The topological polar surface area (TPSA) is 84.7 Å². The van der Waals surface area contributed by atoms with Crippen LogP contribution in [-0.4, -0.2) is 37.0 Å². The van der Waals surface area contributed by atoms with Gasteiger partial charge in [-0.05, 0) is 30.3 Å². The Bertz CT molecular complexity index is 674. The van der Waals surface area contributed by atoms with Crippen molar-refractivity contribution in [3.05, 3.63) is 60.2 Å². The molecular formula is C17H19N3O3. The molecule has 3 N–H and O–H groups in total. The van der Waals surface area contributed by atoms with Gasteiger partial charge in [0.05, 0.1) is 6.54 Å². The lowest BCUT2D eigenvalue weighted by Gasteiger charge is -2.18. The van der Waals surface area contributed by atoms with E-state index < -0.39 is 6.03 Å². The van der Waals surface area contributed by atoms with Crippen molar-refractivity contribution in [3.63, 3.8) is 0 Å². The second kappa shape index (κ2) is 7.84. The van der Waals surface area contributed by atoms with Crippen LogP contribution in [0.5, 0.6) is 5.75 Å². The standard InChI is InChI=1S/C17H19N3O3/c1-20(10-11-23-15-8-3-2-4-9-15)16(21)13-6-5-7-14(12-13)19-17(18)22/h2-9,12H,10-11H2,1H3,(H3,18,19,22). The summed E-state index contributed by atoms with van der Waals surface area (Å²) in [6.45, 7) is 0.840. The maximum absolute atomic E-state index is 12.4. The molecule has 0 radical (unpaired) electrons. The SMILES string of the molecule is CN(CCOc1ccccc1)C(=O)c1cccc(NC(N)=O)c1. The van der Waals surface area contributed by atoms with Crippen LogP contribution in [0.1, 0.15) is 10.4 Å². The molecule has 23 heavy (non-hydrogen) atoms. The number of amides is 3. The third-order valence-corrected chi connectivity index (χ3v) is 3.16. The Labute approximate surface area is 134 Å². The molecule has 120 valence electrons. The number of nitrogens with two attached hydrogens (primary N) is 1. The van der Waals surface area contributed by atoms with Gasteiger partial charge in [0.1, 0.15) is 12.4 Å². The van der Waals surface area contributed by atoms with Crippen molar-refractivity contribution in [1.82, 2.24) is 4.90 Å². The minimum Gasteiger partial charge on any atom is -0.492 e. The highest BCUT2D eigenvalue weighted by molar-refractivity contribution is 5.96. The molecule has 0 saturated carbocycles. The molecule has 0 saturated heterocycles. The van der Waals surface area contributed by atoms with E-state index in [0.717, 1.165) is 5.75 Å². The molecule has 0 heterocycles. The Hall–Kier alpha value is -3.02. The third-order valence-electron chi connectivity index (χ3n) is 3.16. The average Bonchev–Trinajstić information content (AvgIpc) is 2.54. The van der Waals surface area contributed by atoms with Crippen molar-refractivity contribution < 1.29 is 14.3 Å². The zero-order chi connectivity index (χ0) is 16.7. The van der Waals surface area contributed by atoms with E-state index in [9.17, 15) is 9.59 Å². The predicted octanol–water partition coefficient (Wildman–Crippen LogP) is 2.33. The predicted molar refractivity (Wildman–Crippen MR) is 88.5 cm³/mol. The molecule has 6 nitrogen and oxygen atoms in total. The number of likely N-dealkylation sites (N-methyl/N-ethyl adjacent to an activating group) is 1. The van der Waals surface area contributed by atoms with Gasteiger partial charge in [-0.15, -0.1) is 0 Å². The van der Waals surface area contributed by atoms with Crippen LogP contribution in [0.25, 0.3) is 0 Å². The van der Waals surface area contributed by atoms with Gasteiger partial charge in [-0.1, -0.05) is 24.3 Å². The number of benzene rings is 2. The van der Waals surface area contributed by atoms with Gasteiger partial charge in [0.25, 0.3) is 5.91 Å². The normalized spacial score (nSPS) is 9.96. The quantitative estimate of drug-likeness (QED) is 0.858. The smallest absolute Gasteiger partial charge is 0.316 e. The van der Waals surface area contributed by atoms with E-state index in [1.807, 2.05) is 30.3 Å². The first-order valence-corrected chi connectivity index (χ1v) is 7.16. The minimum absolute atomic E-state index is 0.158. The van der Waals surface area contributed by atoms with Crippen LogP contribution >= 0.6 is 0 Å². The van der Waals surface area contributed by atoms with Gasteiger partial charge in [-0.25, -0.2) is 4.79 Å². The summed E-state index contributed by atoms with van der Waals surface area (Å²) in [7, 11) is 1.70. The first-order chi connectivity index (χ1) is 11.1. The Morgan fingerprint density at radius 1 is 1.13 bits per heavy atom. The lowest BCUT2D eigenvalue weighted by atomic mass is 10.2. The molecule has 0 unspecified atom stereocenters. The molecule has 0 spiro atoms. The molecule has 6 heteroatoms. The van der Waals surface area contributed by atoms with E-state index in [2.05, 4.69) is 5.32 Å². The number of urea groups is 1. The lowest BCUT2D eigenvalue weighted by Crippen LogP contribution is -2.31. The molecule has 0 aliphatic rings. The first kappa shape index (κ1) is 16.4. The number of hydrogen-bond donors (Lipinski definition) is 2. The van der Waals surface area contributed by atoms with E-state index in [1.165, 1.54) is 0 Å². The molecule has 0 bridgehead atoms. The fourth-order valence-corrected chi connectivity index (χ4v) is 2.01. The number of nitrogens with zero attached hydrogens (tertiary/aromatic N) is 1. The summed E-state index contributed by atoms with van der Waals surface area (Å²) >= 11 is 0. The Morgan fingerprint density at radius 3 is 2.57 bits per heavy atom. The van der Waals surface area contributed by atoms with Crippen LogP contribution in [0, 0.1) is 0 Å². The molecule has 2 rings (SSSR count). The van der Waals surface area contributed by atoms with Crippen LogP contribution in [-0.2, 0) is 0 Å². The average molecular weight is 313 g/mol. The summed E-state index contributed by atoms with van der Waals surface area (Å²) in [5.41, 5.74) is 6.02. The van der Waals surface area contributed by atoms with Crippen LogP contribution in [0.2, 0.25) is 0 Å². The van der Waals surface area contributed by atoms with E-state index in [1.54, 1.807) is 36.2 Å². The summed E-state index contributed by atoms with van der Waals surface area (Å²) in [5.74, 6) is 0.607. The maximum Gasteiger partial charge on any atom is 0.316 e. The van der Waals surface area contributed by atoms with Crippen molar-refractivity contribution in [2.24, 2.45) is 5.73 Å². The molecule has 0 aliphatic heterocycles. The molecule has 2 aromatic rings. The summed E-state index contributed by atoms with van der Waals surface area (Å²) in [4.78, 5) is 24.8. The fraction of sp³-hybridized carbons (Fsp3) is 0.176. The molecule has 0 aliphatic carbocycles. The number of primary amides is 1. The van der Waals surface area contributed by atoms with Gasteiger partial charge >= 0.3 is 6.03 Å². The molecule has 2 aromatic carbocycles. The fourth-order valence-electron chi connectivity index (χ4n) is 2.01.